The van der Waals surface area contributed by atoms with Gasteiger partial charge in [0.15, 0.2) is 0 Å². The van der Waals surface area contributed by atoms with Crippen molar-refractivity contribution < 1.29 is 0 Å². The zero-order valence-corrected chi connectivity index (χ0v) is 9.69. The fourth-order valence-corrected chi connectivity index (χ4v) is 1.68. The Morgan fingerprint density at radius 1 is 1.44 bits per heavy atom. The lowest BCUT2D eigenvalue weighted by atomic mass is 9.94. The van der Waals surface area contributed by atoms with Gasteiger partial charge in [-0.05, 0) is 17.9 Å². The maximum absolute atomic E-state index is 9.00. The smallest absolute Gasteiger partial charge is 0.0961 e. The van der Waals surface area contributed by atoms with Crippen LogP contribution in [0.2, 0.25) is 0 Å². The molecular formula is C14H18N2. The molecule has 0 fully saturated rings. The van der Waals surface area contributed by atoms with Gasteiger partial charge in [0.1, 0.15) is 0 Å². The van der Waals surface area contributed by atoms with E-state index in [9.17, 15) is 0 Å². The normalized spacial score (nSPS) is 13.8. The van der Waals surface area contributed by atoms with Crippen LogP contribution in [0.5, 0.6) is 0 Å². The number of hydrogen-bond acceptors (Lipinski definition) is 2. The number of nitrogens with zero attached hydrogens (tertiary/aromatic N) is 1. The minimum Gasteiger partial charge on any atom is -0.298 e. The Morgan fingerprint density at radius 3 is 2.69 bits per heavy atom. The van der Waals surface area contributed by atoms with E-state index < -0.39 is 0 Å². The number of nitrogens with one attached hydrogen (secondary N) is 1. The van der Waals surface area contributed by atoms with Gasteiger partial charge in [-0.2, -0.15) is 5.26 Å². The maximum atomic E-state index is 9.00. The van der Waals surface area contributed by atoms with Gasteiger partial charge in [-0.25, -0.2) is 0 Å². The van der Waals surface area contributed by atoms with Crippen LogP contribution in [0, 0.1) is 11.3 Å². The Bertz CT molecular complexity index is 351. The molecule has 0 spiro atoms. The van der Waals surface area contributed by atoms with Crippen molar-refractivity contribution in [2.75, 3.05) is 6.54 Å². The van der Waals surface area contributed by atoms with Crippen LogP contribution in [0.3, 0.4) is 0 Å². The van der Waals surface area contributed by atoms with Crippen LogP contribution >= 0.6 is 0 Å². The Labute approximate surface area is 97.6 Å². The lowest BCUT2D eigenvalue weighted by Crippen LogP contribution is -2.28. The molecule has 0 saturated carbocycles. The third-order valence-corrected chi connectivity index (χ3v) is 2.62. The molecule has 1 rings (SSSR count). The van der Waals surface area contributed by atoms with Crippen molar-refractivity contribution >= 4 is 0 Å². The van der Waals surface area contributed by atoms with Crippen LogP contribution in [-0.4, -0.2) is 12.6 Å². The minimum atomic E-state index is -0.104. The van der Waals surface area contributed by atoms with Crippen LogP contribution in [0.25, 0.3) is 0 Å². The molecule has 2 unspecified atom stereocenters. The van der Waals surface area contributed by atoms with Crippen molar-refractivity contribution in [2.45, 2.75) is 25.3 Å². The second-order valence-corrected chi connectivity index (χ2v) is 3.93. The van der Waals surface area contributed by atoms with Gasteiger partial charge in [0, 0.05) is 6.54 Å². The van der Waals surface area contributed by atoms with E-state index in [0.29, 0.717) is 12.5 Å². The van der Waals surface area contributed by atoms with E-state index in [1.807, 2.05) is 18.2 Å². The Balaban J connectivity index is 2.52. The van der Waals surface area contributed by atoms with Crippen LogP contribution in [-0.2, 0) is 0 Å². The van der Waals surface area contributed by atoms with Gasteiger partial charge in [-0.1, -0.05) is 43.3 Å². The van der Waals surface area contributed by atoms with E-state index in [0.717, 1.165) is 6.42 Å². The van der Waals surface area contributed by atoms with E-state index in [2.05, 4.69) is 37.0 Å². The molecule has 84 valence electrons. The molecule has 1 aromatic rings. The Kier molecular flexibility index (Phi) is 5.31. The highest BCUT2D eigenvalue weighted by molar-refractivity contribution is 5.19. The summed E-state index contributed by atoms with van der Waals surface area (Å²) in [6.45, 7) is 6.46. The fourth-order valence-electron chi connectivity index (χ4n) is 1.68. The van der Waals surface area contributed by atoms with Crippen LogP contribution in [0.15, 0.2) is 43.0 Å². The number of benzene rings is 1. The number of hydrogen-bond donors (Lipinski definition) is 1. The first-order chi connectivity index (χ1) is 7.77. The predicted octanol–water partition coefficient (Wildman–Crippen LogP) is 2.85. The average molecular weight is 214 g/mol. The largest absolute Gasteiger partial charge is 0.298 e. The molecule has 0 amide bonds. The molecule has 0 heterocycles. The monoisotopic (exact) mass is 214 g/mol. The van der Waals surface area contributed by atoms with Gasteiger partial charge in [0.05, 0.1) is 12.1 Å². The van der Waals surface area contributed by atoms with Gasteiger partial charge in [-0.3, -0.25) is 5.32 Å². The zero-order valence-electron chi connectivity index (χ0n) is 9.69. The summed E-state index contributed by atoms with van der Waals surface area (Å²) in [7, 11) is 0. The molecule has 1 aromatic carbocycles. The molecule has 2 atom stereocenters. The first-order valence-electron chi connectivity index (χ1n) is 5.56. The molecular weight excluding hydrogens is 196 g/mol. The standard InChI is InChI=1S/C14H18N2/c1-3-9-16-14(11-15)10-12(2)13-7-5-4-6-8-13/h3-8,12,14,16H,1,9-10H2,2H3. The summed E-state index contributed by atoms with van der Waals surface area (Å²) >= 11 is 0. The number of nitriles is 1. The quantitative estimate of drug-likeness (QED) is 0.739. The van der Waals surface area contributed by atoms with Crippen LogP contribution in [0.1, 0.15) is 24.8 Å². The fraction of sp³-hybridized carbons (Fsp3) is 0.357. The number of rotatable bonds is 6. The molecule has 2 heteroatoms. The van der Waals surface area contributed by atoms with E-state index in [1.165, 1.54) is 5.56 Å². The molecule has 0 bridgehead atoms. The van der Waals surface area contributed by atoms with Crippen molar-refractivity contribution in [3.05, 3.63) is 48.6 Å². The average Bonchev–Trinajstić information content (AvgIpc) is 2.35. The van der Waals surface area contributed by atoms with Crippen LogP contribution < -0.4 is 5.32 Å². The highest BCUT2D eigenvalue weighted by Crippen LogP contribution is 2.19. The summed E-state index contributed by atoms with van der Waals surface area (Å²) in [4.78, 5) is 0. The summed E-state index contributed by atoms with van der Waals surface area (Å²) in [6, 6.07) is 12.5. The lowest BCUT2D eigenvalue weighted by molar-refractivity contribution is 0.546. The van der Waals surface area contributed by atoms with Crippen molar-refractivity contribution in [1.82, 2.24) is 5.32 Å². The molecule has 0 saturated heterocycles. The Morgan fingerprint density at radius 2 is 2.12 bits per heavy atom. The summed E-state index contributed by atoms with van der Waals surface area (Å²) < 4.78 is 0. The minimum absolute atomic E-state index is 0.104. The van der Waals surface area contributed by atoms with E-state index in [1.54, 1.807) is 6.08 Å². The zero-order chi connectivity index (χ0) is 11.8. The van der Waals surface area contributed by atoms with Crippen LogP contribution in [0.4, 0.5) is 0 Å². The first kappa shape index (κ1) is 12.5. The van der Waals surface area contributed by atoms with Gasteiger partial charge >= 0.3 is 0 Å². The van der Waals surface area contributed by atoms with Crippen molar-refractivity contribution in [3.8, 4) is 6.07 Å². The topological polar surface area (TPSA) is 35.8 Å². The highest BCUT2D eigenvalue weighted by atomic mass is 14.9. The van der Waals surface area contributed by atoms with Crippen molar-refractivity contribution in [3.63, 3.8) is 0 Å². The van der Waals surface area contributed by atoms with Gasteiger partial charge in [0.2, 0.25) is 0 Å². The third kappa shape index (κ3) is 3.88. The second kappa shape index (κ2) is 6.81. The molecule has 2 nitrogen and oxygen atoms in total. The van der Waals surface area contributed by atoms with Gasteiger partial charge in [-0.15, -0.1) is 6.58 Å². The Hall–Kier alpha value is -1.59. The van der Waals surface area contributed by atoms with E-state index in [4.69, 9.17) is 5.26 Å². The molecule has 16 heavy (non-hydrogen) atoms. The summed E-state index contributed by atoms with van der Waals surface area (Å²) in [5.74, 6) is 0.392. The molecule has 0 aliphatic carbocycles. The predicted molar refractivity (Wildman–Crippen MR) is 67.1 cm³/mol. The first-order valence-corrected chi connectivity index (χ1v) is 5.56. The van der Waals surface area contributed by atoms with E-state index >= 15 is 0 Å². The molecule has 0 aromatic heterocycles. The third-order valence-electron chi connectivity index (χ3n) is 2.62. The molecule has 0 aliphatic heterocycles. The summed E-state index contributed by atoms with van der Waals surface area (Å²) in [5.41, 5.74) is 1.28. The summed E-state index contributed by atoms with van der Waals surface area (Å²) in [6.07, 6.45) is 2.60. The van der Waals surface area contributed by atoms with E-state index in [-0.39, 0.29) is 6.04 Å². The highest BCUT2D eigenvalue weighted by Gasteiger charge is 2.12. The van der Waals surface area contributed by atoms with Gasteiger partial charge in [0.25, 0.3) is 0 Å². The second-order valence-electron chi connectivity index (χ2n) is 3.93. The SMILES string of the molecule is C=CCNC(C#N)CC(C)c1ccccc1. The maximum Gasteiger partial charge on any atom is 0.0961 e. The lowest BCUT2D eigenvalue weighted by Gasteiger charge is -2.16. The summed E-state index contributed by atoms with van der Waals surface area (Å²) in [5, 5.41) is 12.1. The van der Waals surface area contributed by atoms with Gasteiger partial charge < -0.3 is 0 Å². The molecule has 1 N–H and O–H groups in total. The molecule has 0 aliphatic rings. The molecule has 0 radical (unpaired) electrons. The van der Waals surface area contributed by atoms with Crippen molar-refractivity contribution in [1.29, 1.82) is 5.26 Å². The van der Waals surface area contributed by atoms with Crippen molar-refractivity contribution in [2.24, 2.45) is 0 Å².